The van der Waals surface area contributed by atoms with Crippen LogP contribution in [0.2, 0.25) is 18.1 Å². The molecule has 1 atom stereocenters. The molecule has 1 unspecified atom stereocenters. The van der Waals surface area contributed by atoms with Gasteiger partial charge in [-0.25, -0.2) is 26.4 Å². The average Bonchev–Trinajstić information content (AvgIpc) is 3.77. The number of piperazine rings is 1. The normalized spacial score (nSPS) is 14.2. The van der Waals surface area contributed by atoms with Gasteiger partial charge in [-0.15, -0.1) is 10.2 Å². The van der Waals surface area contributed by atoms with Crippen molar-refractivity contribution in [2.75, 3.05) is 65.5 Å². The molecule has 0 saturated carbocycles. The molecule has 4 aromatic carbocycles. The van der Waals surface area contributed by atoms with Gasteiger partial charge in [0.25, 0.3) is 0 Å². The lowest BCUT2D eigenvalue weighted by atomic mass is 10.1. The number of tetrazole rings is 1. The number of nitrogens with one attached hydrogen (secondary N) is 3. The Labute approximate surface area is 394 Å². The zero-order valence-corrected chi connectivity index (χ0v) is 41.8. The summed E-state index contributed by atoms with van der Waals surface area (Å²) in [6, 6.07) is 24.0. The molecule has 0 spiro atoms. The van der Waals surface area contributed by atoms with Gasteiger partial charge in [0.1, 0.15) is 27.0 Å². The minimum Gasteiger partial charge on any atom is -0.497 e. The van der Waals surface area contributed by atoms with Crippen LogP contribution in [-0.4, -0.2) is 128 Å². The zero-order chi connectivity index (χ0) is 48.6. The van der Waals surface area contributed by atoms with E-state index < -0.39 is 50.4 Å². The molecule has 2 heterocycles. The van der Waals surface area contributed by atoms with Crippen LogP contribution in [0, 0.1) is 0 Å². The van der Waals surface area contributed by atoms with Crippen LogP contribution >= 0.6 is 0 Å². The summed E-state index contributed by atoms with van der Waals surface area (Å²) in [5.74, 6) is 1.67. The number of hydrogen-bond acceptors (Lipinski definition) is 14. The zero-order valence-electron chi connectivity index (χ0n) is 39.1. The van der Waals surface area contributed by atoms with Crippen LogP contribution < -0.4 is 34.5 Å². The first-order chi connectivity index (χ1) is 31.7. The molecule has 362 valence electrons. The molecule has 19 nitrogen and oxygen atoms in total. The highest BCUT2D eigenvalue weighted by atomic mass is 32.2. The molecule has 22 heteroatoms. The molecular formula is C45H61N9O10S2Si. The minimum atomic E-state index is -4.88. The Kier molecular flexibility index (Phi) is 16.3. The van der Waals surface area contributed by atoms with Crippen molar-refractivity contribution in [1.82, 2.24) is 39.9 Å². The number of hydrogen-bond donors (Lipinski definition) is 4. The Morgan fingerprint density at radius 2 is 1.33 bits per heavy atom. The number of ether oxygens (including phenoxy) is 3. The predicted molar refractivity (Wildman–Crippen MR) is 256 cm³/mol. The first kappa shape index (κ1) is 50.8. The number of carboxylic acid groups (broad SMARTS) is 1. The van der Waals surface area contributed by atoms with Gasteiger partial charge < -0.3 is 39.3 Å². The Morgan fingerprint density at radius 3 is 1.82 bits per heavy atom. The fourth-order valence-electron chi connectivity index (χ4n) is 7.17. The standard InChI is InChI=1S/C45H61N9O10S2Si/c1-45(2,3)67(7,8)64-38(27-47-44(55)56)28-48-65(57,58)40-22-21-39(52-25-23-46-24-26-52)41(43-49-51-54(50-43)31-34-13-19-37(63-6)20-14-34)42(40)66(59,60)53(29-32-9-15-35(61-4)16-10-32)30-33-11-17-36(62-5)18-12-33/h9-22,38,46-48H,23-31H2,1-8H3,(H,55,56). The fourth-order valence-corrected chi connectivity index (χ4v) is 12.0. The van der Waals surface area contributed by atoms with Crippen LogP contribution in [0.3, 0.4) is 0 Å². The van der Waals surface area contributed by atoms with Crippen LogP contribution in [-0.2, 0) is 44.1 Å². The molecule has 1 aromatic heterocycles. The van der Waals surface area contributed by atoms with Crippen LogP contribution in [0.1, 0.15) is 37.5 Å². The maximum Gasteiger partial charge on any atom is 0.404 e. The van der Waals surface area contributed by atoms with E-state index in [-0.39, 0.29) is 49.1 Å². The summed E-state index contributed by atoms with van der Waals surface area (Å²) in [5, 5.41) is 28.4. The molecule has 67 heavy (non-hydrogen) atoms. The molecule has 4 N–H and O–H groups in total. The SMILES string of the molecule is COc1ccc(CN(Cc2ccc(OC)cc2)S(=O)(=O)c2c(S(=O)(=O)NCC(CNC(=O)O)O[Si](C)(C)C(C)(C)C)ccc(N3CCNCC3)c2-c2nnn(Cc3ccc(OC)cc3)n2)cc1. The van der Waals surface area contributed by atoms with E-state index in [9.17, 15) is 9.90 Å². The third kappa shape index (κ3) is 12.7. The number of aromatic nitrogens is 4. The topological polar surface area (TPSA) is 229 Å². The smallest absolute Gasteiger partial charge is 0.404 e. The van der Waals surface area contributed by atoms with Crippen LogP contribution in [0.15, 0.2) is 94.7 Å². The summed E-state index contributed by atoms with van der Waals surface area (Å²) in [6.45, 7) is 11.2. The van der Waals surface area contributed by atoms with Crippen molar-refractivity contribution < 1.29 is 45.4 Å². The number of anilines is 1. The Morgan fingerprint density at radius 1 is 0.806 bits per heavy atom. The van der Waals surface area contributed by atoms with Crippen molar-refractivity contribution in [1.29, 1.82) is 0 Å². The minimum absolute atomic E-state index is 0.0539. The Bertz CT molecular complexity index is 2630. The first-order valence-electron chi connectivity index (χ1n) is 21.7. The predicted octanol–water partition coefficient (Wildman–Crippen LogP) is 5.15. The summed E-state index contributed by atoms with van der Waals surface area (Å²) in [4.78, 5) is 13.8. The first-order valence-corrected chi connectivity index (χ1v) is 27.5. The van der Waals surface area contributed by atoms with Crippen molar-refractivity contribution in [2.45, 2.75) is 74.4 Å². The third-order valence-electron chi connectivity index (χ3n) is 11.9. The molecule has 0 bridgehead atoms. The molecule has 1 saturated heterocycles. The average molecular weight is 980 g/mol. The van der Waals surface area contributed by atoms with Crippen molar-refractivity contribution in [3.8, 4) is 28.6 Å². The van der Waals surface area contributed by atoms with E-state index in [0.29, 0.717) is 60.2 Å². The molecular weight excluding hydrogens is 919 g/mol. The van der Waals surface area contributed by atoms with Crippen LogP contribution in [0.4, 0.5) is 10.5 Å². The van der Waals surface area contributed by atoms with Gasteiger partial charge in [-0.05, 0) is 88.6 Å². The van der Waals surface area contributed by atoms with Gasteiger partial charge in [-0.2, -0.15) is 9.10 Å². The highest BCUT2D eigenvalue weighted by molar-refractivity contribution is 7.92. The van der Waals surface area contributed by atoms with Gasteiger partial charge >= 0.3 is 6.09 Å². The Balaban J connectivity index is 1.56. The number of methoxy groups -OCH3 is 3. The number of rotatable bonds is 21. The van der Waals surface area contributed by atoms with E-state index in [2.05, 4.69) is 25.7 Å². The molecule has 1 fully saturated rings. The third-order valence-corrected chi connectivity index (χ3v) is 19.9. The lowest BCUT2D eigenvalue weighted by Gasteiger charge is -2.39. The summed E-state index contributed by atoms with van der Waals surface area (Å²) < 4.78 is 88.6. The molecule has 5 aromatic rings. The van der Waals surface area contributed by atoms with Crippen molar-refractivity contribution in [3.63, 3.8) is 0 Å². The number of nitrogens with zero attached hydrogens (tertiary/aromatic N) is 6. The lowest BCUT2D eigenvalue weighted by Crippen LogP contribution is -2.50. The molecule has 1 amide bonds. The second-order valence-electron chi connectivity index (χ2n) is 17.5. The molecule has 6 rings (SSSR count). The summed E-state index contributed by atoms with van der Waals surface area (Å²) in [6.07, 6.45) is -2.26. The number of carbonyl (C=O) groups is 1. The van der Waals surface area contributed by atoms with E-state index in [4.69, 9.17) is 23.7 Å². The van der Waals surface area contributed by atoms with Gasteiger partial charge in [0.15, 0.2) is 8.32 Å². The van der Waals surface area contributed by atoms with E-state index in [1.165, 1.54) is 29.4 Å². The van der Waals surface area contributed by atoms with E-state index in [1.807, 2.05) is 50.9 Å². The summed E-state index contributed by atoms with van der Waals surface area (Å²) in [5.41, 5.74) is 2.33. The summed E-state index contributed by atoms with van der Waals surface area (Å²) >= 11 is 0. The van der Waals surface area contributed by atoms with E-state index in [0.717, 1.165) is 5.56 Å². The quantitative estimate of drug-likeness (QED) is 0.0697. The molecule has 0 aliphatic carbocycles. The maximum absolute atomic E-state index is 16.0. The molecule has 1 aliphatic heterocycles. The van der Waals surface area contributed by atoms with Crippen LogP contribution in [0.25, 0.3) is 11.4 Å². The fraction of sp³-hybridized carbons (Fsp3) is 0.422. The van der Waals surface area contributed by atoms with E-state index in [1.54, 1.807) is 73.8 Å². The van der Waals surface area contributed by atoms with Crippen molar-refractivity contribution >= 4 is 40.1 Å². The number of amides is 1. The largest absolute Gasteiger partial charge is 0.497 e. The highest BCUT2D eigenvalue weighted by Crippen LogP contribution is 2.42. The van der Waals surface area contributed by atoms with E-state index >= 15 is 16.8 Å². The van der Waals surface area contributed by atoms with Gasteiger partial charge in [0.2, 0.25) is 25.9 Å². The van der Waals surface area contributed by atoms with Crippen LogP contribution in [0.5, 0.6) is 17.2 Å². The second kappa shape index (κ2) is 21.6. The highest BCUT2D eigenvalue weighted by Gasteiger charge is 2.41. The van der Waals surface area contributed by atoms with Crippen molar-refractivity contribution in [2.24, 2.45) is 0 Å². The second-order valence-corrected chi connectivity index (χ2v) is 25.9. The maximum atomic E-state index is 16.0. The number of sulfonamides is 2. The van der Waals surface area contributed by atoms with Gasteiger partial charge in [0.05, 0.1) is 39.5 Å². The molecule has 1 aliphatic rings. The summed E-state index contributed by atoms with van der Waals surface area (Å²) in [7, 11) is -7.63. The van der Waals surface area contributed by atoms with Crippen molar-refractivity contribution in [3.05, 3.63) is 102 Å². The molecule has 0 radical (unpaired) electrons. The van der Waals surface area contributed by atoms with Gasteiger partial charge in [-0.3, -0.25) is 0 Å². The number of benzene rings is 4. The van der Waals surface area contributed by atoms with Gasteiger partial charge in [0, 0.05) is 58.0 Å². The van der Waals surface area contributed by atoms with Gasteiger partial charge in [-0.1, -0.05) is 57.2 Å². The lowest BCUT2D eigenvalue weighted by molar-refractivity contribution is 0.163. The Hall–Kier alpha value is -5.62. The monoisotopic (exact) mass is 979 g/mol.